The van der Waals surface area contributed by atoms with Gasteiger partial charge in [-0.25, -0.2) is 9.48 Å². The summed E-state index contributed by atoms with van der Waals surface area (Å²) in [6, 6.07) is 13.6. The van der Waals surface area contributed by atoms with E-state index >= 15 is 0 Å². The first-order valence-electron chi connectivity index (χ1n) is 11.7. The number of nitrogens with zero attached hydrogens (tertiary/aromatic N) is 3. The Morgan fingerprint density at radius 1 is 1.11 bits per heavy atom. The highest BCUT2D eigenvalue weighted by Gasteiger charge is 2.34. The first-order chi connectivity index (χ1) is 16.7. The number of hydrogen-bond acceptors (Lipinski definition) is 7. The van der Waals surface area contributed by atoms with Crippen LogP contribution in [0.25, 0.3) is 0 Å². The number of nitrogens with one attached hydrogen (secondary N) is 1. The van der Waals surface area contributed by atoms with Crippen LogP contribution < -0.4 is 14.8 Å². The smallest absolute Gasteiger partial charge is 0.338 e. The summed E-state index contributed by atoms with van der Waals surface area (Å²) in [5.74, 6) is 1.33. The molecule has 35 heavy (non-hydrogen) atoms. The Bertz CT molecular complexity index is 1240. The molecule has 1 N–H and O–H groups in total. The minimum Gasteiger partial charge on any atom is -0.493 e. The van der Waals surface area contributed by atoms with Crippen molar-refractivity contribution in [3.05, 3.63) is 76.8 Å². The van der Waals surface area contributed by atoms with Gasteiger partial charge in [0.05, 0.1) is 19.3 Å². The van der Waals surface area contributed by atoms with Crippen molar-refractivity contribution in [1.29, 1.82) is 0 Å². The van der Waals surface area contributed by atoms with Crippen LogP contribution in [0.5, 0.6) is 11.5 Å². The van der Waals surface area contributed by atoms with Crippen LogP contribution in [0.2, 0.25) is 0 Å². The van der Waals surface area contributed by atoms with Gasteiger partial charge in [-0.15, -0.1) is 0 Å². The number of anilines is 1. The summed E-state index contributed by atoms with van der Waals surface area (Å²) in [4.78, 5) is 17.1. The second kappa shape index (κ2) is 9.82. The molecule has 1 aliphatic heterocycles. The fourth-order valence-corrected chi connectivity index (χ4v) is 4.11. The Morgan fingerprint density at radius 2 is 1.86 bits per heavy atom. The van der Waals surface area contributed by atoms with Crippen molar-refractivity contribution in [3.8, 4) is 11.5 Å². The maximum Gasteiger partial charge on any atom is 0.338 e. The average molecular weight is 477 g/mol. The van der Waals surface area contributed by atoms with Crippen molar-refractivity contribution < 1.29 is 19.0 Å². The first kappa shape index (κ1) is 24.3. The van der Waals surface area contributed by atoms with E-state index in [4.69, 9.17) is 14.2 Å². The van der Waals surface area contributed by atoms with Gasteiger partial charge < -0.3 is 19.5 Å². The lowest BCUT2D eigenvalue weighted by molar-refractivity contribution is -0.139. The highest BCUT2D eigenvalue weighted by molar-refractivity contribution is 5.92. The highest BCUT2D eigenvalue weighted by Crippen LogP contribution is 2.39. The third-order valence-corrected chi connectivity index (χ3v) is 6.01. The van der Waals surface area contributed by atoms with Crippen LogP contribution in [-0.4, -0.2) is 34.5 Å². The van der Waals surface area contributed by atoms with Gasteiger partial charge in [-0.05, 0) is 48.1 Å². The summed E-state index contributed by atoms with van der Waals surface area (Å²) >= 11 is 0. The Balaban J connectivity index is 1.61. The minimum absolute atomic E-state index is 0.103. The molecule has 184 valence electrons. The molecular weight excluding hydrogens is 444 g/mol. The monoisotopic (exact) mass is 476 g/mol. The van der Waals surface area contributed by atoms with Gasteiger partial charge in [0, 0.05) is 5.70 Å². The van der Waals surface area contributed by atoms with Crippen LogP contribution >= 0.6 is 0 Å². The summed E-state index contributed by atoms with van der Waals surface area (Å²) in [5.41, 5.74) is 4.40. The van der Waals surface area contributed by atoms with E-state index in [1.54, 1.807) is 18.7 Å². The summed E-state index contributed by atoms with van der Waals surface area (Å²) in [5, 5.41) is 7.48. The molecule has 2 aromatic carbocycles. The first-order valence-corrected chi connectivity index (χ1v) is 11.7. The van der Waals surface area contributed by atoms with Gasteiger partial charge in [-0.2, -0.15) is 10.1 Å². The van der Waals surface area contributed by atoms with E-state index in [2.05, 4.69) is 60.4 Å². The molecule has 0 saturated heterocycles. The van der Waals surface area contributed by atoms with Gasteiger partial charge in [-0.1, -0.05) is 51.1 Å². The van der Waals surface area contributed by atoms with Gasteiger partial charge in [-0.3, -0.25) is 0 Å². The van der Waals surface area contributed by atoms with Crippen molar-refractivity contribution in [2.24, 2.45) is 0 Å². The molecule has 1 aliphatic rings. The molecule has 0 bridgehead atoms. The molecule has 0 fully saturated rings. The molecule has 0 spiro atoms. The topological polar surface area (TPSA) is 87.5 Å². The van der Waals surface area contributed by atoms with Crippen molar-refractivity contribution in [2.45, 2.75) is 52.7 Å². The van der Waals surface area contributed by atoms with Gasteiger partial charge in [0.25, 0.3) is 0 Å². The second-order valence-corrected chi connectivity index (χ2v) is 9.46. The lowest BCUT2D eigenvalue weighted by Gasteiger charge is -2.28. The van der Waals surface area contributed by atoms with Crippen molar-refractivity contribution >= 4 is 11.9 Å². The van der Waals surface area contributed by atoms with Gasteiger partial charge in [0.15, 0.2) is 11.5 Å². The number of carbonyl (C=O) groups is 1. The highest BCUT2D eigenvalue weighted by atomic mass is 16.5. The number of benzene rings is 2. The normalized spacial score (nSPS) is 15.3. The zero-order valence-electron chi connectivity index (χ0n) is 21.1. The molecule has 8 heteroatoms. The number of carbonyl (C=O) groups excluding carboxylic acids is 1. The number of fused-ring (bicyclic) bond motifs is 1. The number of allylic oxidation sites excluding steroid dienone is 1. The summed E-state index contributed by atoms with van der Waals surface area (Å²) < 4.78 is 18.8. The number of esters is 1. The quantitative estimate of drug-likeness (QED) is 0.479. The SMILES string of the molecule is CCOC(=O)C1=C(C)Nc2ncnn2C1c1ccc(OCc2ccc(C(C)(C)C)cc2)c(OC)c1. The molecule has 1 unspecified atom stereocenters. The molecule has 2 heterocycles. The van der Waals surface area contributed by atoms with E-state index in [1.165, 1.54) is 11.9 Å². The Morgan fingerprint density at radius 3 is 2.51 bits per heavy atom. The standard InChI is InChI=1S/C27H32N4O4/c1-7-34-25(32)23-17(2)30-26-28-16-29-31(26)24(23)19-10-13-21(22(14-19)33-6)35-15-18-8-11-20(12-9-18)27(3,4)5/h8-14,16,24H,7,15H2,1-6H3,(H,28,29,30). The predicted molar refractivity (Wildman–Crippen MR) is 134 cm³/mol. The van der Waals surface area contributed by atoms with E-state index in [9.17, 15) is 4.79 Å². The molecule has 1 atom stereocenters. The van der Waals surface area contributed by atoms with Crippen LogP contribution in [0.1, 0.15) is 57.4 Å². The molecule has 3 aromatic rings. The van der Waals surface area contributed by atoms with Gasteiger partial charge >= 0.3 is 5.97 Å². The van der Waals surface area contributed by atoms with Gasteiger partial charge in [0.1, 0.15) is 19.0 Å². The number of aromatic nitrogens is 3. The maximum absolute atomic E-state index is 12.9. The fourth-order valence-electron chi connectivity index (χ4n) is 4.11. The minimum atomic E-state index is -0.513. The van der Waals surface area contributed by atoms with E-state index < -0.39 is 12.0 Å². The van der Waals surface area contributed by atoms with Crippen LogP contribution in [-0.2, 0) is 21.6 Å². The third-order valence-electron chi connectivity index (χ3n) is 6.01. The molecule has 0 amide bonds. The van der Waals surface area contributed by atoms with E-state index in [-0.39, 0.29) is 12.0 Å². The summed E-state index contributed by atoms with van der Waals surface area (Å²) in [6.45, 7) is 10.9. The Hall–Kier alpha value is -3.81. The number of ether oxygens (including phenoxy) is 3. The van der Waals surface area contributed by atoms with Crippen molar-refractivity contribution in [1.82, 2.24) is 14.8 Å². The molecule has 0 saturated carbocycles. The number of rotatable bonds is 7. The average Bonchev–Trinajstić information content (AvgIpc) is 3.29. The van der Waals surface area contributed by atoms with Gasteiger partial charge in [0.2, 0.25) is 5.95 Å². The lowest BCUT2D eigenvalue weighted by atomic mass is 9.87. The van der Waals surface area contributed by atoms with E-state index in [0.717, 1.165) is 11.1 Å². The van der Waals surface area contributed by atoms with E-state index in [1.807, 2.05) is 25.1 Å². The predicted octanol–water partition coefficient (Wildman–Crippen LogP) is 5.02. The van der Waals surface area contributed by atoms with E-state index in [0.29, 0.717) is 35.3 Å². The molecule has 0 radical (unpaired) electrons. The number of methoxy groups -OCH3 is 1. The zero-order chi connectivity index (χ0) is 25.2. The summed E-state index contributed by atoms with van der Waals surface area (Å²) in [6.07, 6.45) is 1.45. The molecule has 8 nitrogen and oxygen atoms in total. The van der Waals surface area contributed by atoms with Crippen molar-refractivity contribution in [3.63, 3.8) is 0 Å². The lowest BCUT2D eigenvalue weighted by Crippen LogP contribution is -2.29. The zero-order valence-corrected chi connectivity index (χ0v) is 21.1. The van der Waals surface area contributed by atoms with Crippen molar-refractivity contribution in [2.75, 3.05) is 19.0 Å². The van der Waals surface area contributed by atoms with Crippen LogP contribution in [0.15, 0.2) is 60.1 Å². The summed E-state index contributed by atoms with van der Waals surface area (Å²) in [7, 11) is 1.60. The van der Waals surface area contributed by atoms with Crippen LogP contribution in [0, 0.1) is 0 Å². The second-order valence-electron chi connectivity index (χ2n) is 9.46. The van der Waals surface area contributed by atoms with Crippen LogP contribution in [0.3, 0.4) is 0 Å². The Labute approximate surface area is 205 Å². The third kappa shape index (κ3) is 5.01. The molecule has 0 aliphatic carbocycles. The molecular formula is C27H32N4O4. The molecule has 4 rings (SSSR count). The largest absolute Gasteiger partial charge is 0.493 e. The number of hydrogen-bond donors (Lipinski definition) is 1. The maximum atomic E-state index is 12.9. The molecule has 1 aromatic heterocycles. The fraction of sp³-hybridized carbons (Fsp3) is 0.370. The van der Waals surface area contributed by atoms with Crippen LogP contribution in [0.4, 0.5) is 5.95 Å². The Kier molecular flexibility index (Phi) is 6.82.